The Hall–Kier alpha value is -7.00. The van der Waals surface area contributed by atoms with Crippen molar-refractivity contribution in [3.8, 4) is 17.6 Å². The highest BCUT2D eigenvalue weighted by atomic mass is 19.4. The molecule has 2 saturated heterocycles. The standard InChI is InChI=1S/C49H54F3N9O6/c1-29(2)67-41-25-35(30(3)24-39(41)57-48-55-26-37(49(50,51)52)44(59-48)56-38-16-9-8-14-34(38)45(64)53-4)32-19-22-60(23-20-32)28-43(63)54-21-10-6-5-7-12-31-13-11-15-33-36(31)27-61(47(33)66)40-17-18-42(62)58-46(40)65/h8-9,11,13-16,24-26,29,32,40H,5-6,10,17-23,27-28H2,1-4H3,(H,53,64)(H,54,63)(H,58,62,65)(H2,55,56,57,59). The lowest BCUT2D eigenvalue weighted by molar-refractivity contribution is -0.138. The van der Waals surface area contributed by atoms with Crippen LogP contribution >= 0.6 is 0 Å². The molecule has 3 aromatic carbocycles. The lowest BCUT2D eigenvalue weighted by Gasteiger charge is -2.33. The Bertz CT molecular complexity index is 2600. The molecule has 0 spiro atoms. The maximum atomic E-state index is 14.1. The fourth-order valence-electron chi connectivity index (χ4n) is 8.60. The number of fused-ring (bicyclic) bond motifs is 1. The highest BCUT2D eigenvalue weighted by Crippen LogP contribution is 2.40. The normalized spacial score (nSPS) is 16.5. The smallest absolute Gasteiger partial charge is 0.421 e. The number of piperidine rings is 2. The summed E-state index contributed by atoms with van der Waals surface area (Å²) in [6, 6.07) is 14.7. The van der Waals surface area contributed by atoms with Crippen molar-refractivity contribution in [2.45, 2.75) is 96.5 Å². The van der Waals surface area contributed by atoms with Crippen LogP contribution in [0.5, 0.6) is 5.75 Å². The van der Waals surface area contributed by atoms with Crippen molar-refractivity contribution in [2.24, 2.45) is 0 Å². The molecule has 0 radical (unpaired) electrons. The Labute approximate surface area is 387 Å². The van der Waals surface area contributed by atoms with Gasteiger partial charge in [0, 0.05) is 50.3 Å². The number of ether oxygens (including phenoxy) is 1. The summed E-state index contributed by atoms with van der Waals surface area (Å²) < 4.78 is 48.6. The van der Waals surface area contributed by atoms with E-state index >= 15 is 0 Å². The first-order chi connectivity index (χ1) is 32.1. The number of aromatic nitrogens is 2. The van der Waals surface area contributed by atoms with E-state index in [1.165, 1.54) is 24.1 Å². The summed E-state index contributed by atoms with van der Waals surface area (Å²) in [6.07, 6.45) is -0.0691. The molecule has 2 fully saturated rings. The van der Waals surface area contributed by atoms with Crippen LogP contribution in [0.1, 0.15) is 113 Å². The molecule has 0 saturated carbocycles. The molecule has 18 heteroatoms. The molecule has 0 aliphatic carbocycles. The highest BCUT2D eigenvalue weighted by molar-refractivity contribution is 6.05. The van der Waals surface area contributed by atoms with E-state index in [0.29, 0.717) is 55.7 Å². The Morgan fingerprint density at radius 2 is 1.76 bits per heavy atom. The van der Waals surface area contributed by atoms with Gasteiger partial charge in [-0.05, 0) is 125 Å². The van der Waals surface area contributed by atoms with Crippen molar-refractivity contribution < 1.29 is 41.9 Å². The molecule has 15 nitrogen and oxygen atoms in total. The zero-order valence-corrected chi connectivity index (χ0v) is 37.9. The number of aryl methyl sites for hydroxylation is 1. The second-order valence-electron chi connectivity index (χ2n) is 17.1. The molecule has 7 rings (SSSR count). The van der Waals surface area contributed by atoms with Crippen LogP contribution in [-0.4, -0.2) is 94.7 Å². The summed E-state index contributed by atoms with van der Waals surface area (Å²) in [5.41, 5.74) is 3.74. The molecular weight excluding hydrogens is 868 g/mol. The molecule has 1 atom stereocenters. The van der Waals surface area contributed by atoms with E-state index in [9.17, 15) is 37.1 Å². The molecule has 4 aromatic rings. The molecule has 4 heterocycles. The maximum Gasteiger partial charge on any atom is 0.421 e. The Balaban J connectivity index is 0.897. The van der Waals surface area contributed by atoms with Crippen molar-refractivity contribution in [1.29, 1.82) is 0 Å². The minimum atomic E-state index is -4.78. The van der Waals surface area contributed by atoms with Crippen LogP contribution in [0.15, 0.2) is 60.8 Å². The van der Waals surface area contributed by atoms with Gasteiger partial charge in [-0.2, -0.15) is 18.2 Å². The van der Waals surface area contributed by atoms with Gasteiger partial charge in [0.05, 0.1) is 29.6 Å². The number of imide groups is 1. The van der Waals surface area contributed by atoms with E-state index in [-0.39, 0.29) is 66.5 Å². The molecule has 3 aliphatic rings. The van der Waals surface area contributed by atoms with Crippen LogP contribution < -0.4 is 31.3 Å². The van der Waals surface area contributed by atoms with Gasteiger partial charge in [0.1, 0.15) is 23.2 Å². The molecule has 1 unspecified atom stereocenters. The number of benzene rings is 3. The Morgan fingerprint density at radius 1 is 0.985 bits per heavy atom. The van der Waals surface area contributed by atoms with Crippen molar-refractivity contribution >= 4 is 52.7 Å². The number of alkyl halides is 3. The van der Waals surface area contributed by atoms with E-state index < -0.39 is 35.4 Å². The largest absolute Gasteiger partial charge is 0.489 e. The number of carbonyl (C=O) groups is 5. The average molecular weight is 922 g/mol. The molecule has 1 aromatic heterocycles. The number of anilines is 4. The third-order valence-corrected chi connectivity index (χ3v) is 12.0. The van der Waals surface area contributed by atoms with Crippen LogP contribution in [0.2, 0.25) is 0 Å². The number of hydrogen-bond acceptors (Lipinski definition) is 11. The van der Waals surface area contributed by atoms with Gasteiger partial charge in [-0.25, -0.2) is 4.98 Å². The average Bonchev–Trinajstić information content (AvgIpc) is 3.62. The predicted molar refractivity (Wildman–Crippen MR) is 245 cm³/mol. The van der Waals surface area contributed by atoms with Gasteiger partial charge >= 0.3 is 6.18 Å². The summed E-state index contributed by atoms with van der Waals surface area (Å²) >= 11 is 0. The fraction of sp³-hybridized carbons (Fsp3) is 0.408. The molecule has 5 N–H and O–H groups in total. The summed E-state index contributed by atoms with van der Waals surface area (Å²) in [6.45, 7) is 8.23. The summed E-state index contributed by atoms with van der Waals surface area (Å²) in [5, 5.41) is 13.6. The molecular formula is C49H54F3N9O6. The van der Waals surface area contributed by atoms with E-state index in [4.69, 9.17) is 4.74 Å². The number of rotatable bonds is 15. The third kappa shape index (κ3) is 11.7. The highest BCUT2D eigenvalue weighted by Gasteiger charge is 2.40. The van der Waals surface area contributed by atoms with Crippen LogP contribution in [-0.2, 0) is 27.1 Å². The van der Waals surface area contributed by atoms with Gasteiger partial charge in [0.15, 0.2) is 0 Å². The Morgan fingerprint density at radius 3 is 2.49 bits per heavy atom. The van der Waals surface area contributed by atoms with Crippen molar-refractivity contribution in [1.82, 2.24) is 35.7 Å². The number of likely N-dealkylation sites (tertiary alicyclic amines) is 1. The van der Waals surface area contributed by atoms with E-state index in [1.807, 2.05) is 39.0 Å². The first-order valence-electron chi connectivity index (χ1n) is 22.4. The lowest BCUT2D eigenvalue weighted by Crippen LogP contribution is -2.52. The van der Waals surface area contributed by atoms with Gasteiger partial charge in [-0.15, -0.1) is 0 Å². The van der Waals surface area contributed by atoms with Crippen LogP contribution in [0.3, 0.4) is 0 Å². The predicted octanol–water partition coefficient (Wildman–Crippen LogP) is 6.72. The van der Waals surface area contributed by atoms with E-state index in [2.05, 4.69) is 53.3 Å². The topological polar surface area (TPSA) is 187 Å². The molecule has 67 heavy (non-hydrogen) atoms. The number of nitrogens with zero attached hydrogens (tertiary/aromatic N) is 4. The quantitative estimate of drug-likeness (QED) is 0.0485. The number of hydrogen-bond donors (Lipinski definition) is 5. The second-order valence-corrected chi connectivity index (χ2v) is 17.1. The van der Waals surface area contributed by atoms with Gasteiger partial charge in [0.25, 0.3) is 11.8 Å². The van der Waals surface area contributed by atoms with Crippen LogP contribution in [0.25, 0.3) is 0 Å². The number of amides is 5. The SMILES string of the molecule is CNC(=O)c1ccccc1Nc1nc(Nc2cc(C)c(C3CCN(CC(=O)NCCCCC#Cc4cccc5c4CN(C4CCC(=O)NC4=O)C5=O)CC3)cc2OC(C)C)ncc1C(F)(F)F. The van der Waals surface area contributed by atoms with Crippen molar-refractivity contribution in [2.75, 3.05) is 43.9 Å². The number of unbranched alkanes of at least 4 members (excludes halogenated alkanes) is 2. The second kappa shape index (κ2) is 21.1. The summed E-state index contributed by atoms with van der Waals surface area (Å²) in [4.78, 5) is 74.4. The maximum absolute atomic E-state index is 14.1. The third-order valence-electron chi connectivity index (χ3n) is 12.0. The van der Waals surface area contributed by atoms with Crippen molar-refractivity contribution in [3.05, 3.63) is 99.7 Å². The van der Waals surface area contributed by atoms with Gasteiger partial charge in [0.2, 0.25) is 23.7 Å². The minimum absolute atomic E-state index is 0.0478. The summed E-state index contributed by atoms with van der Waals surface area (Å²) in [7, 11) is 1.43. The van der Waals surface area contributed by atoms with Gasteiger partial charge in [-0.3, -0.25) is 34.2 Å². The summed E-state index contributed by atoms with van der Waals surface area (Å²) in [5.74, 6) is 4.88. The molecule has 0 bridgehead atoms. The van der Waals surface area contributed by atoms with E-state index in [1.54, 1.807) is 24.3 Å². The molecule has 352 valence electrons. The fourth-order valence-corrected chi connectivity index (χ4v) is 8.60. The Kier molecular flexibility index (Phi) is 15.1. The number of carbonyl (C=O) groups excluding carboxylic acids is 5. The molecule has 5 amide bonds. The first-order valence-corrected chi connectivity index (χ1v) is 22.4. The zero-order valence-electron chi connectivity index (χ0n) is 37.9. The molecule has 3 aliphatic heterocycles. The van der Waals surface area contributed by atoms with Gasteiger partial charge < -0.3 is 30.9 Å². The van der Waals surface area contributed by atoms with Crippen molar-refractivity contribution in [3.63, 3.8) is 0 Å². The number of nitrogens with one attached hydrogen (secondary N) is 5. The lowest BCUT2D eigenvalue weighted by atomic mass is 9.86. The minimum Gasteiger partial charge on any atom is -0.489 e. The van der Waals surface area contributed by atoms with Gasteiger partial charge in [-0.1, -0.05) is 30.0 Å². The van der Waals surface area contributed by atoms with Crippen LogP contribution in [0, 0.1) is 18.8 Å². The first kappa shape index (κ1) is 47.9. The zero-order chi connectivity index (χ0) is 47.8. The number of para-hydroxylation sites is 1. The van der Waals surface area contributed by atoms with E-state index in [0.717, 1.165) is 47.9 Å². The monoisotopic (exact) mass is 921 g/mol. The number of halogens is 3. The van der Waals surface area contributed by atoms with Crippen LogP contribution in [0.4, 0.5) is 36.3 Å².